The van der Waals surface area contributed by atoms with E-state index in [1.807, 2.05) is 0 Å². The van der Waals surface area contributed by atoms with Crippen molar-refractivity contribution in [1.82, 2.24) is 5.32 Å². The van der Waals surface area contributed by atoms with Crippen LogP contribution in [-0.2, 0) is 14.3 Å². The van der Waals surface area contributed by atoms with Gasteiger partial charge in [0.25, 0.3) is 0 Å². The van der Waals surface area contributed by atoms with Gasteiger partial charge in [-0.1, -0.05) is 13.8 Å². The van der Waals surface area contributed by atoms with Crippen molar-refractivity contribution < 1.29 is 14.3 Å². The molecule has 4 heteroatoms. The number of hydrogen-bond acceptors (Lipinski definition) is 3. The number of hydrogen-bond donors (Lipinski definition) is 1. The molecule has 1 saturated carbocycles. The van der Waals surface area contributed by atoms with Gasteiger partial charge >= 0.3 is 5.97 Å². The number of rotatable bonds is 5. The molecule has 1 N–H and O–H groups in total. The predicted octanol–water partition coefficient (Wildman–Crippen LogP) is 1.10. The van der Waals surface area contributed by atoms with Crippen molar-refractivity contribution in [3.05, 3.63) is 0 Å². The smallest absolute Gasteiger partial charge is 0.307 e. The minimum absolute atomic E-state index is 0.0595. The number of nitrogens with one attached hydrogen (secondary N) is 1. The Morgan fingerprint density at radius 2 is 2.07 bits per heavy atom. The standard InChI is InChI=1S/C11H19NO3/c1-4-15-9(13)5-6-12-10(14)8-7-11(8,2)3/h8H,4-7H2,1-3H3,(H,12,14). The van der Waals surface area contributed by atoms with Crippen LogP contribution < -0.4 is 5.32 Å². The van der Waals surface area contributed by atoms with Crippen molar-refractivity contribution in [1.29, 1.82) is 0 Å². The maximum atomic E-state index is 11.5. The predicted molar refractivity (Wildman–Crippen MR) is 56.1 cm³/mol. The molecule has 1 fully saturated rings. The van der Waals surface area contributed by atoms with Crippen molar-refractivity contribution in [3.63, 3.8) is 0 Å². The number of esters is 1. The lowest BCUT2D eigenvalue weighted by molar-refractivity contribution is -0.143. The monoisotopic (exact) mass is 213 g/mol. The van der Waals surface area contributed by atoms with E-state index in [2.05, 4.69) is 19.2 Å². The van der Waals surface area contributed by atoms with Gasteiger partial charge in [-0.05, 0) is 18.8 Å². The SMILES string of the molecule is CCOC(=O)CCNC(=O)C1CC1(C)C. The fourth-order valence-electron chi connectivity index (χ4n) is 1.56. The zero-order chi connectivity index (χ0) is 11.5. The second kappa shape index (κ2) is 4.64. The van der Waals surface area contributed by atoms with Crippen LogP contribution in [0.5, 0.6) is 0 Å². The summed E-state index contributed by atoms with van der Waals surface area (Å²) in [6.45, 7) is 6.68. The summed E-state index contributed by atoms with van der Waals surface area (Å²) >= 11 is 0. The van der Waals surface area contributed by atoms with E-state index in [0.717, 1.165) is 6.42 Å². The summed E-state index contributed by atoms with van der Waals surface area (Å²) in [6.07, 6.45) is 1.20. The lowest BCUT2D eigenvalue weighted by atomic mass is 10.1. The van der Waals surface area contributed by atoms with Crippen molar-refractivity contribution in [2.24, 2.45) is 11.3 Å². The average molecular weight is 213 g/mol. The van der Waals surface area contributed by atoms with E-state index in [1.165, 1.54) is 0 Å². The second-order valence-electron chi connectivity index (χ2n) is 4.59. The molecule has 4 nitrogen and oxygen atoms in total. The average Bonchev–Trinajstić information content (AvgIpc) is 2.75. The Bertz CT molecular complexity index is 261. The Morgan fingerprint density at radius 1 is 1.47 bits per heavy atom. The number of ether oxygens (including phenoxy) is 1. The lowest BCUT2D eigenvalue weighted by Gasteiger charge is -2.06. The third-order valence-electron chi connectivity index (χ3n) is 2.76. The van der Waals surface area contributed by atoms with Gasteiger partial charge in [0, 0.05) is 12.5 Å². The summed E-state index contributed by atoms with van der Waals surface area (Å²) in [5, 5.41) is 2.75. The normalized spacial score (nSPS) is 21.9. The molecule has 0 aromatic carbocycles. The first-order valence-corrected chi connectivity index (χ1v) is 5.40. The summed E-state index contributed by atoms with van der Waals surface area (Å²) in [6, 6.07) is 0. The molecule has 1 aliphatic rings. The van der Waals surface area contributed by atoms with Crippen LogP contribution >= 0.6 is 0 Å². The molecule has 0 bridgehead atoms. The van der Waals surface area contributed by atoms with Crippen molar-refractivity contribution >= 4 is 11.9 Å². The van der Waals surface area contributed by atoms with Crippen LogP contribution in [0.4, 0.5) is 0 Å². The molecule has 0 spiro atoms. The highest BCUT2D eigenvalue weighted by molar-refractivity contribution is 5.82. The van der Waals surface area contributed by atoms with Crippen LogP contribution in [0.25, 0.3) is 0 Å². The van der Waals surface area contributed by atoms with E-state index in [4.69, 9.17) is 4.74 Å². The molecular formula is C11H19NO3. The van der Waals surface area contributed by atoms with E-state index < -0.39 is 0 Å². The zero-order valence-electron chi connectivity index (χ0n) is 9.63. The molecule has 0 saturated heterocycles. The molecule has 0 aliphatic heterocycles. The van der Waals surface area contributed by atoms with Crippen LogP contribution in [0.3, 0.4) is 0 Å². The van der Waals surface area contributed by atoms with E-state index in [0.29, 0.717) is 13.2 Å². The molecule has 0 aromatic heterocycles. The second-order valence-corrected chi connectivity index (χ2v) is 4.59. The minimum atomic E-state index is -0.257. The first kappa shape index (κ1) is 12.0. The van der Waals surface area contributed by atoms with Crippen molar-refractivity contribution in [2.75, 3.05) is 13.2 Å². The molecule has 1 amide bonds. The van der Waals surface area contributed by atoms with Gasteiger partial charge in [-0.15, -0.1) is 0 Å². The van der Waals surface area contributed by atoms with Crippen LogP contribution in [0, 0.1) is 11.3 Å². The minimum Gasteiger partial charge on any atom is -0.466 e. The van der Waals surface area contributed by atoms with E-state index in [9.17, 15) is 9.59 Å². The lowest BCUT2D eigenvalue weighted by Crippen LogP contribution is -2.29. The van der Waals surface area contributed by atoms with Gasteiger partial charge in [-0.25, -0.2) is 0 Å². The summed E-state index contributed by atoms with van der Waals surface area (Å²) in [4.78, 5) is 22.5. The fourth-order valence-corrected chi connectivity index (χ4v) is 1.56. The van der Waals surface area contributed by atoms with Gasteiger partial charge < -0.3 is 10.1 Å². The van der Waals surface area contributed by atoms with Crippen LogP contribution in [0.1, 0.15) is 33.6 Å². The molecule has 1 aliphatic carbocycles. The van der Waals surface area contributed by atoms with Gasteiger partial charge in [0.15, 0.2) is 0 Å². The van der Waals surface area contributed by atoms with E-state index in [1.54, 1.807) is 6.92 Å². The summed E-state index contributed by atoms with van der Waals surface area (Å²) < 4.78 is 4.75. The fraction of sp³-hybridized carbons (Fsp3) is 0.818. The van der Waals surface area contributed by atoms with Crippen LogP contribution in [0.15, 0.2) is 0 Å². The van der Waals surface area contributed by atoms with Gasteiger partial charge in [0.1, 0.15) is 0 Å². The number of amides is 1. The highest BCUT2D eigenvalue weighted by atomic mass is 16.5. The molecule has 0 radical (unpaired) electrons. The van der Waals surface area contributed by atoms with Crippen molar-refractivity contribution in [3.8, 4) is 0 Å². The highest BCUT2D eigenvalue weighted by Gasteiger charge is 2.50. The molecule has 0 aromatic rings. The molecule has 86 valence electrons. The summed E-state index contributed by atoms with van der Waals surface area (Å²) in [5.74, 6) is -0.0724. The first-order chi connectivity index (χ1) is 6.97. The zero-order valence-corrected chi connectivity index (χ0v) is 9.63. The Balaban J connectivity index is 2.11. The van der Waals surface area contributed by atoms with Gasteiger partial charge in [-0.2, -0.15) is 0 Å². The number of carbonyl (C=O) groups is 2. The van der Waals surface area contributed by atoms with E-state index in [-0.39, 0.29) is 29.6 Å². The Hall–Kier alpha value is -1.06. The quantitative estimate of drug-likeness (QED) is 0.696. The Labute approximate surface area is 90.4 Å². The molecule has 1 atom stereocenters. The Kier molecular flexibility index (Phi) is 3.72. The third-order valence-corrected chi connectivity index (χ3v) is 2.76. The molecular weight excluding hydrogens is 194 g/mol. The first-order valence-electron chi connectivity index (χ1n) is 5.40. The molecule has 1 rings (SSSR count). The van der Waals surface area contributed by atoms with Crippen molar-refractivity contribution in [2.45, 2.75) is 33.6 Å². The Morgan fingerprint density at radius 3 is 2.53 bits per heavy atom. The molecule has 1 unspecified atom stereocenters. The van der Waals surface area contributed by atoms with Gasteiger partial charge in [0.2, 0.25) is 5.91 Å². The maximum absolute atomic E-state index is 11.5. The molecule has 15 heavy (non-hydrogen) atoms. The summed E-state index contributed by atoms with van der Waals surface area (Å²) in [7, 11) is 0. The highest BCUT2D eigenvalue weighted by Crippen LogP contribution is 2.51. The van der Waals surface area contributed by atoms with Gasteiger partial charge in [-0.3, -0.25) is 9.59 Å². The summed E-state index contributed by atoms with van der Waals surface area (Å²) in [5.41, 5.74) is 0.147. The van der Waals surface area contributed by atoms with Gasteiger partial charge in [0.05, 0.1) is 13.0 Å². The van der Waals surface area contributed by atoms with Crippen LogP contribution in [-0.4, -0.2) is 25.0 Å². The van der Waals surface area contributed by atoms with E-state index >= 15 is 0 Å². The van der Waals surface area contributed by atoms with Crippen LogP contribution in [0.2, 0.25) is 0 Å². The largest absolute Gasteiger partial charge is 0.466 e. The maximum Gasteiger partial charge on any atom is 0.307 e. The number of carbonyl (C=O) groups excluding carboxylic acids is 2. The molecule has 0 heterocycles. The topological polar surface area (TPSA) is 55.4 Å². The third kappa shape index (κ3) is 3.53.